The lowest BCUT2D eigenvalue weighted by Gasteiger charge is -2.12. The van der Waals surface area contributed by atoms with Crippen LogP contribution < -0.4 is 10.9 Å². The first-order valence-electron chi connectivity index (χ1n) is 8.30. The van der Waals surface area contributed by atoms with Crippen molar-refractivity contribution < 1.29 is 4.79 Å². The van der Waals surface area contributed by atoms with Gasteiger partial charge in [0.1, 0.15) is 10.7 Å². The van der Waals surface area contributed by atoms with Crippen molar-refractivity contribution in [2.24, 2.45) is 0 Å². The molecule has 2 aromatic heterocycles. The number of aromatic nitrogens is 2. The van der Waals surface area contributed by atoms with E-state index in [9.17, 15) is 9.59 Å². The van der Waals surface area contributed by atoms with Gasteiger partial charge in [0.05, 0.1) is 28.0 Å². The minimum atomic E-state index is -0.344. The van der Waals surface area contributed by atoms with Gasteiger partial charge in [-0.05, 0) is 44.5 Å². The molecule has 2 N–H and O–H groups in total. The van der Waals surface area contributed by atoms with E-state index < -0.39 is 0 Å². The highest BCUT2D eigenvalue weighted by Gasteiger charge is 2.16. The Morgan fingerprint density at radius 3 is 2.96 bits per heavy atom. The number of nitrogens with zero attached hydrogens (tertiary/aromatic N) is 2. The first-order chi connectivity index (χ1) is 12.9. The fourth-order valence-electron chi connectivity index (χ4n) is 2.56. The average Bonchev–Trinajstić information content (AvgIpc) is 2.94. The third kappa shape index (κ3) is 4.21. The normalized spacial score (nSPS) is 11.9. The summed E-state index contributed by atoms with van der Waals surface area (Å²) in [6.07, 6.45) is 0. The molecule has 1 atom stereocenters. The van der Waals surface area contributed by atoms with E-state index in [1.807, 2.05) is 19.9 Å². The van der Waals surface area contributed by atoms with Gasteiger partial charge in [0.25, 0.3) is 5.56 Å². The Morgan fingerprint density at radius 1 is 1.44 bits per heavy atom. The van der Waals surface area contributed by atoms with E-state index in [4.69, 9.17) is 5.26 Å². The first kappa shape index (κ1) is 19.1. The summed E-state index contributed by atoms with van der Waals surface area (Å²) in [5.74, 6) is 0.819. The summed E-state index contributed by atoms with van der Waals surface area (Å²) in [6.45, 7) is 5.70. The van der Waals surface area contributed by atoms with E-state index in [2.05, 4.69) is 15.3 Å². The predicted octanol–water partition coefficient (Wildman–Crippen LogP) is 3.73. The van der Waals surface area contributed by atoms with Gasteiger partial charge in [-0.2, -0.15) is 5.26 Å². The van der Waals surface area contributed by atoms with Gasteiger partial charge in [-0.15, -0.1) is 23.1 Å². The molecule has 0 aliphatic carbocycles. The highest BCUT2D eigenvalue weighted by atomic mass is 32.2. The number of aromatic amines is 1. The lowest BCUT2D eigenvalue weighted by atomic mass is 10.2. The van der Waals surface area contributed by atoms with Gasteiger partial charge in [-0.25, -0.2) is 4.98 Å². The van der Waals surface area contributed by atoms with Gasteiger partial charge in [-0.3, -0.25) is 9.59 Å². The summed E-state index contributed by atoms with van der Waals surface area (Å²) in [6, 6.07) is 8.82. The van der Waals surface area contributed by atoms with Crippen LogP contribution in [0.3, 0.4) is 0 Å². The fourth-order valence-corrected chi connectivity index (χ4v) is 4.36. The number of anilines is 1. The van der Waals surface area contributed by atoms with Gasteiger partial charge in [0.15, 0.2) is 0 Å². The lowest BCUT2D eigenvalue weighted by molar-refractivity contribution is -0.115. The number of nitrogens with one attached hydrogen (secondary N) is 2. The number of nitriles is 1. The molecule has 0 bridgehead atoms. The average molecular weight is 399 g/mol. The van der Waals surface area contributed by atoms with Crippen LogP contribution in [0.5, 0.6) is 0 Å². The monoisotopic (exact) mass is 398 g/mol. The Morgan fingerprint density at radius 2 is 2.22 bits per heavy atom. The maximum Gasteiger partial charge on any atom is 0.259 e. The molecule has 0 saturated carbocycles. The van der Waals surface area contributed by atoms with E-state index in [1.165, 1.54) is 23.1 Å². The highest BCUT2D eigenvalue weighted by Crippen LogP contribution is 2.26. The molecule has 3 rings (SSSR count). The number of hydrogen-bond acceptors (Lipinski definition) is 6. The zero-order valence-corrected chi connectivity index (χ0v) is 16.8. The third-order valence-corrected chi connectivity index (χ3v) is 6.44. The Balaban J connectivity index is 1.67. The fraction of sp³-hybridized carbons (Fsp3) is 0.263. The number of hydrogen-bond donors (Lipinski definition) is 2. The summed E-state index contributed by atoms with van der Waals surface area (Å²) in [5.41, 5.74) is 1.91. The van der Waals surface area contributed by atoms with Gasteiger partial charge in [-0.1, -0.05) is 6.07 Å². The quantitative estimate of drug-likeness (QED) is 0.682. The largest absolute Gasteiger partial charge is 0.325 e. The molecule has 2 heterocycles. The minimum absolute atomic E-state index is 0.136. The van der Waals surface area contributed by atoms with Gasteiger partial charge in [0, 0.05) is 10.6 Å². The number of thiophene rings is 1. The van der Waals surface area contributed by atoms with Crippen LogP contribution in [0.1, 0.15) is 28.8 Å². The molecule has 3 aromatic rings. The van der Waals surface area contributed by atoms with E-state index in [1.54, 1.807) is 31.2 Å². The predicted molar refractivity (Wildman–Crippen MR) is 110 cm³/mol. The van der Waals surface area contributed by atoms with E-state index in [0.717, 1.165) is 15.3 Å². The van der Waals surface area contributed by atoms with Crippen molar-refractivity contribution in [3.63, 3.8) is 0 Å². The van der Waals surface area contributed by atoms with Crippen LogP contribution in [0.4, 0.5) is 5.69 Å². The molecule has 0 fully saturated rings. The Kier molecular flexibility index (Phi) is 5.63. The standard InChI is InChI=1S/C19H18N4O2S2/c1-10-11(2)27-19-16(10)18(25)22-15(23-19)9-26-12(3)17(24)21-14-6-4-5-13(7-14)8-20/h4-7,12H,9H2,1-3H3,(H,21,24)(H,22,23,25). The van der Waals surface area contributed by atoms with Gasteiger partial charge >= 0.3 is 0 Å². The summed E-state index contributed by atoms with van der Waals surface area (Å²) in [7, 11) is 0. The minimum Gasteiger partial charge on any atom is -0.325 e. The number of benzene rings is 1. The maximum atomic E-state index is 12.4. The highest BCUT2D eigenvalue weighted by molar-refractivity contribution is 7.99. The van der Waals surface area contributed by atoms with E-state index in [-0.39, 0.29) is 16.7 Å². The summed E-state index contributed by atoms with van der Waals surface area (Å²) >= 11 is 2.90. The third-order valence-electron chi connectivity index (χ3n) is 4.19. The van der Waals surface area contributed by atoms with E-state index in [0.29, 0.717) is 28.2 Å². The Hall–Kier alpha value is -2.63. The Bertz CT molecular complexity index is 1110. The number of carbonyl (C=O) groups is 1. The topological polar surface area (TPSA) is 98.6 Å². The van der Waals surface area contributed by atoms with Crippen LogP contribution in [0, 0.1) is 25.2 Å². The van der Waals surface area contributed by atoms with Crippen molar-refractivity contribution in [1.82, 2.24) is 9.97 Å². The maximum absolute atomic E-state index is 12.4. The molecule has 0 spiro atoms. The lowest BCUT2D eigenvalue weighted by Crippen LogP contribution is -2.23. The molecule has 0 aliphatic heterocycles. The number of carbonyl (C=O) groups excluding carboxylic acids is 1. The van der Waals surface area contributed by atoms with Crippen LogP contribution in [0.2, 0.25) is 0 Å². The van der Waals surface area contributed by atoms with Crippen molar-refractivity contribution in [3.05, 3.63) is 56.4 Å². The SMILES string of the molecule is Cc1sc2nc(CSC(C)C(=O)Nc3cccc(C#N)c3)[nH]c(=O)c2c1C. The number of H-pyrrole nitrogens is 1. The van der Waals surface area contributed by atoms with Crippen LogP contribution >= 0.6 is 23.1 Å². The number of amides is 1. The molecule has 1 unspecified atom stereocenters. The second kappa shape index (κ2) is 7.94. The van der Waals surface area contributed by atoms with E-state index >= 15 is 0 Å². The van der Waals surface area contributed by atoms with Gasteiger partial charge in [0.2, 0.25) is 5.91 Å². The molecular formula is C19H18N4O2S2. The number of aryl methyl sites for hydroxylation is 2. The van der Waals surface area contributed by atoms with Crippen LogP contribution in [-0.2, 0) is 10.5 Å². The van der Waals surface area contributed by atoms with Crippen molar-refractivity contribution in [2.45, 2.75) is 31.8 Å². The molecule has 1 amide bonds. The molecule has 6 nitrogen and oxygen atoms in total. The van der Waals surface area contributed by atoms with Crippen LogP contribution in [0.25, 0.3) is 10.2 Å². The van der Waals surface area contributed by atoms with Crippen molar-refractivity contribution >= 4 is 44.9 Å². The number of fused-ring (bicyclic) bond motifs is 1. The molecule has 0 aliphatic rings. The molecule has 138 valence electrons. The zero-order valence-electron chi connectivity index (χ0n) is 15.1. The first-order valence-corrected chi connectivity index (χ1v) is 10.2. The van der Waals surface area contributed by atoms with Crippen molar-refractivity contribution in [2.75, 3.05) is 5.32 Å². The van der Waals surface area contributed by atoms with Gasteiger partial charge < -0.3 is 10.3 Å². The molecule has 27 heavy (non-hydrogen) atoms. The molecule has 0 saturated heterocycles. The molecule has 1 aromatic carbocycles. The Labute approximate surface area is 164 Å². The molecule has 0 radical (unpaired) electrons. The molecular weight excluding hydrogens is 380 g/mol. The summed E-state index contributed by atoms with van der Waals surface area (Å²) < 4.78 is 0. The van der Waals surface area contributed by atoms with Crippen LogP contribution in [0.15, 0.2) is 29.1 Å². The number of thioether (sulfide) groups is 1. The van der Waals surface area contributed by atoms with Crippen LogP contribution in [-0.4, -0.2) is 21.1 Å². The second-order valence-corrected chi connectivity index (χ2v) is 8.64. The molecule has 8 heteroatoms. The smallest absolute Gasteiger partial charge is 0.259 e. The zero-order chi connectivity index (χ0) is 19.6. The van der Waals surface area contributed by atoms with Crippen molar-refractivity contribution in [1.29, 1.82) is 5.26 Å². The summed E-state index contributed by atoms with van der Waals surface area (Å²) in [4.78, 5) is 33.8. The second-order valence-electron chi connectivity index (χ2n) is 6.11. The van der Waals surface area contributed by atoms with Crippen molar-refractivity contribution in [3.8, 4) is 6.07 Å². The number of rotatable bonds is 5. The summed E-state index contributed by atoms with van der Waals surface area (Å²) in [5, 5.41) is 12.0.